The molecule has 25 heavy (non-hydrogen) atoms. The van der Waals surface area contributed by atoms with Crippen LogP contribution in [-0.4, -0.2) is 20.1 Å². The van der Waals surface area contributed by atoms with Crippen LogP contribution in [0.1, 0.15) is 36.9 Å². The largest absolute Gasteiger partial charge is 0.493 e. The van der Waals surface area contributed by atoms with Gasteiger partial charge in [0.05, 0.1) is 20.3 Å². The van der Waals surface area contributed by atoms with Crippen molar-refractivity contribution < 1.29 is 18.7 Å². The van der Waals surface area contributed by atoms with Gasteiger partial charge in [-0.3, -0.25) is 4.79 Å². The van der Waals surface area contributed by atoms with Crippen LogP contribution in [0.25, 0.3) is 0 Å². The highest BCUT2D eigenvalue weighted by Gasteiger charge is 2.15. The molecule has 1 amide bonds. The van der Waals surface area contributed by atoms with E-state index in [1.54, 1.807) is 26.4 Å². The minimum absolute atomic E-state index is 0.0361. The van der Waals surface area contributed by atoms with Gasteiger partial charge in [-0.1, -0.05) is 25.1 Å². The zero-order valence-corrected chi connectivity index (χ0v) is 14.8. The summed E-state index contributed by atoms with van der Waals surface area (Å²) in [7, 11) is 3.18. The maximum atomic E-state index is 12.9. The van der Waals surface area contributed by atoms with E-state index in [0.29, 0.717) is 24.3 Å². The second-order valence-corrected chi connectivity index (χ2v) is 5.77. The third-order valence-electron chi connectivity index (χ3n) is 4.11. The second-order valence-electron chi connectivity index (χ2n) is 5.77. The van der Waals surface area contributed by atoms with Gasteiger partial charge in [-0.2, -0.15) is 0 Å². The first-order valence-corrected chi connectivity index (χ1v) is 8.33. The molecule has 134 valence electrons. The molecule has 0 aromatic heterocycles. The fourth-order valence-corrected chi connectivity index (χ4v) is 2.67. The van der Waals surface area contributed by atoms with E-state index in [2.05, 4.69) is 5.32 Å². The number of aryl methyl sites for hydroxylation is 1. The van der Waals surface area contributed by atoms with Gasteiger partial charge in [0, 0.05) is 6.42 Å². The van der Waals surface area contributed by atoms with Crippen molar-refractivity contribution in [3.63, 3.8) is 0 Å². The molecular weight excluding hydrogens is 321 g/mol. The van der Waals surface area contributed by atoms with E-state index in [1.807, 2.05) is 25.1 Å². The predicted molar refractivity (Wildman–Crippen MR) is 95.4 cm³/mol. The molecule has 0 fully saturated rings. The highest BCUT2D eigenvalue weighted by molar-refractivity contribution is 5.76. The van der Waals surface area contributed by atoms with Crippen molar-refractivity contribution in [3.05, 3.63) is 59.4 Å². The Balaban J connectivity index is 1.98. The molecule has 0 aliphatic rings. The number of ether oxygens (including phenoxy) is 2. The van der Waals surface area contributed by atoms with Gasteiger partial charge in [-0.25, -0.2) is 4.39 Å². The molecule has 0 spiro atoms. The quantitative estimate of drug-likeness (QED) is 0.785. The molecule has 0 aliphatic carbocycles. The molecule has 2 aromatic rings. The average molecular weight is 345 g/mol. The first-order chi connectivity index (χ1) is 12.1. The normalized spacial score (nSPS) is 11.7. The number of halogens is 1. The van der Waals surface area contributed by atoms with Crippen LogP contribution in [0, 0.1) is 5.82 Å². The lowest BCUT2D eigenvalue weighted by atomic mass is 10.0. The standard InChI is InChI=1S/C20H24FNO3/c1-4-17(15-8-11-18(24-2)19(13-15)25-3)22-20(23)12-7-14-5-9-16(21)10-6-14/h5-6,8-11,13,17H,4,7,12H2,1-3H3,(H,22,23). The SMILES string of the molecule is CCC(NC(=O)CCc1ccc(F)cc1)c1ccc(OC)c(OC)c1. The highest BCUT2D eigenvalue weighted by atomic mass is 19.1. The van der Waals surface area contributed by atoms with Crippen LogP contribution in [0.15, 0.2) is 42.5 Å². The number of rotatable bonds is 8. The Morgan fingerprint density at radius 3 is 2.36 bits per heavy atom. The van der Waals surface area contributed by atoms with Crippen molar-refractivity contribution >= 4 is 5.91 Å². The molecule has 0 heterocycles. The number of hydrogen-bond donors (Lipinski definition) is 1. The summed E-state index contributed by atoms with van der Waals surface area (Å²) in [6.07, 6.45) is 1.70. The maximum absolute atomic E-state index is 12.9. The van der Waals surface area contributed by atoms with Crippen LogP contribution < -0.4 is 14.8 Å². The molecule has 2 aromatic carbocycles. The maximum Gasteiger partial charge on any atom is 0.220 e. The van der Waals surface area contributed by atoms with Gasteiger partial charge in [0.25, 0.3) is 0 Å². The van der Waals surface area contributed by atoms with Crippen molar-refractivity contribution in [2.75, 3.05) is 14.2 Å². The Labute approximate surface area is 148 Å². The Morgan fingerprint density at radius 1 is 1.08 bits per heavy atom. The molecule has 2 rings (SSSR count). The molecule has 0 saturated heterocycles. The first kappa shape index (κ1) is 18.8. The summed E-state index contributed by atoms with van der Waals surface area (Å²) in [4.78, 5) is 12.3. The van der Waals surface area contributed by atoms with Gasteiger partial charge >= 0.3 is 0 Å². The summed E-state index contributed by atoms with van der Waals surface area (Å²) < 4.78 is 23.5. The van der Waals surface area contributed by atoms with Crippen molar-refractivity contribution in [2.45, 2.75) is 32.2 Å². The predicted octanol–water partition coefficient (Wildman–Crippen LogP) is 4.04. The average Bonchev–Trinajstić information content (AvgIpc) is 2.65. The van der Waals surface area contributed by atoms with Crippen molar-refractivity contribution in [2.24, 2.45) is 0 Å². The lowest BCUT2D eigenvalue weighted by molar-refractivity contribution is -0.121. The minimum atomic E-state index is -0.271. The smallest absolute Gasteiger partial charge is 0.220 e. The van der Waals surface area contributed by atoms with E-state index in [1.165, 1.54) is 12.1 Å². The number of benzene rings is 2. The lowest BCUT2D eigenvalue weighted by Crippen LogP contribution is -2.28. The van der Waals surface area contributed by atoms with Gasteiger partial charge in [0.15, 0.2) is 11.5 Å². The summed E-state index contributed by atoms with van der Waals surface area (Å²) in [5, 5.41) is 3.04. The number of amides is 1. The van der Waals surface area contributed by atoms with Crippen LogP contribution in [0.4, 0.5) is 4.39 Å². The van der Waals surface area contributed by atoms with Gasteiger partial charge in [-0.15, -0.1) is 0 Å². The molecule has 0 saturated carbocycles. The van der Waals surface area contributed by atoms with E-state index in [9.17, 15) is 9.18 Å². The van der Waals surface area contributed by atoms with E-state index in [4.69, 9.17) is 9.47 Å². The Hall–Kier alpha value is -2.56. The highest BCUT2D eigenvalue weighted by Crippen LogP contribution is 2.30. The third kappa shape index (κ3) is 5.21. The third-order valence-corrected chi connectivity index (χ3v) is 4.11. The monoisotopic (exact) mass is 345 g/mol. The molecular formula is C20H24FNO3. The van der Waals surface area contributed by atoms with E-state index >= 15 is 0 Å². The molecule has 4 nitrogen and oxygen atoms in total. The van der Waals surface area contributed by atoms with Crippen molar-refractivity contribution in [1.82, 2.24) is 5.32 Å². The van der Waals surface area contributed by atoms with Crippen LogP contribution in [0.3, 0.4) is 0 Å². The lowest BCUT2D eigenvalue weighted by Gasteiger charge is -2.19. The first-order valence-electron chi connectivity index (χ1n) is 8.33. The van der Waals surface area contributed by atoms with Crippen molar-refractivity contribution in [1.29, 1.82) is 0 Å². The summed E-state index contributed by atoms with van der Waals surface area (Å²) >= 11 is 0. The van der Waals surface area contributed by atoms with Crippen LogP contribution in [-0.2, 0) is 11.2 Å². The minimum Gasteiger partial charge on any atom is -0.493 e. The zero-order chi connectivity index (χ0) is 18.2. The van der Waals surface area contributed by atoms with Crippen LogP contribution in [0.2, 0.25) is 0 Å². The fourth-order valence-electron chi connectivity index (χ4n) is 2.67. The van der Waals surface area contributed by atoms with E-state index in [0.717, 1.165) is 17.5 Å². The molecule has 0 bridgehead atoms. The topological polar surface area (TPSA) is 47.6 Å². The Morgan fingerprint density at radius 2 is 1.76 bits per heavy atom. The molecule has 5 heteroatoms. The van der Waals surface area contributed by atoms with E-state index < -0.39 is 0 Å². The molecule has 1 N–H and O–H groups in total. The fraction of sp³-hybridized carbons (Fsp3) is 0.350. The number of nitrogens with one attached hydrogen (secondary N) is 1. The van der Waals surface area contributed by atoms with E-state index in [-0.39, 0.29) is 17.8 Å². The summed E-state index contributed by atoms with van der Waals surface area (Å²) in [5.41, 5.74) is 1.91. The van der Waals surface area contributed by atoms with Gasteiger partial charge in [-0.05, 0) is 48.2 Å². The van der Waals surface area contributed by atoms with Crippen molar-refractivity contribution in [3.8, 4) is 11.5 Å². The molecule has 1 unspecified atom stereocenters. The zero-order valence-electron chi connectivity index (χ0n) is 14.8. The van der Waals surface area contributed by atoms with Crippen LogP contribution in [0.5, 0.6) is 11.5 Å². The van der Waals surface area contributed by atoms with Gasteiger partial charge < -0.3 is 14.8 Å². The Bertz CT molecular complexity index is 701. The number of hydrogen-bond acceptors (Lipinski definition) is 3. The summed E-state index contributed by atoms with van der Waals surface area (Å²) in [6.45, 7) is 2.02. The number of carbonyl (C=O) groups is 1. The van der Waals surface area contributed by atoms with Gasteiger partial charge in [0.2, 0.25) is 5.91 Å². The molecule has 0 aliphatic heterocycles. The van der Waals surface area contributed by atoms with Crippen LogP contribution >= 0.6 is 0 Å². The second kappa shape index (κ2) is 9.06. The summed E-state index contributed by atoms with van der Waals surface area (Å²) in [6, 6.07) is 11.8. The number of methoxy groups -OCH3 is 2. The molecule has 0 radical (unpaired) electrons. The Kier molecular flexibility index (Phi) is 6.81. The van der Waals surface area contributed by atoms with Gasteiger partial charge in [0.1, 0.15) is 5.82 Å². The number of carbonyl (C=O) groups excluding carboxylic acids is 1. The summed E-state index contributed by atoms with van der Waals surface area (Å²) in [5.74, 6) is 0.987. The molecule has 1 atom stereocenters.